The van der Waals surface area contributed by atoms with E-state index in [9.17, 15) is 4.79 Å². The highest BCUT2D eigenvalue weighted by molar-refractivity contribution is 5.75. The molecule has 0 bridgehead atoms. The number of nitrogens with one attached hydrogen (secondary N) is 1. The molecule has 1 amide bonds. The predicted octanol–water partition coefficient (Wildman–Crippen LogP) is 0.879. The van der Waals surface area contributed by atoms with Gasteiger partial charge in [0.25, 0.3) is 0 Å². The molecule has 1 aliphatic carbocycles. The Bertz CT molecular complexity index is 192. The van der Waals surface area contributed by atoms with Crippen molar-refractivity contribution in [2.45, 2.75) is 39.0 Å². The van der Waals surface area contributed by atoms with Gasteiger partial charge in [-0.05, 0) is 38.3 Å². The van der Waals surface area contributed by atoms with Gasteiger partial charge < -0.3 is 4.90 Å². The van der Waals surface area contributed by atoms with Crippen LogP contribution in [0.3, 0.4) is 0 Å². The van der Waals surface area contributed by atoms with Crippen LogP contribution in [0.1, 0.15) is 39.0 Å². The third kappa shape index (κ3) is 4.62. The van der Waals surface area contributed by atoms with Crippen molar-refractivity contribution >= 4 is 5.91 Å². The number of hydrogen-bond donors (Lipinski definition) is 2. The number of carbonyl (C=O) groups is 1. The van der Waals surface area contributed by atoms with E-state index in [1.54, 1.807) is 0 Å². The average molecular weight is 213 g/mol. The van der Waals surface area contributed by atoms with E-state index in [2.05, 4.69) is 17.2 Å². The number of carbonyl (C=O) groups excluding carboxylic acids is 1. The Labute approximate surface area is 92.2 Å². The van der Waals surface area contributed by atoms with Gasteiger partial charge in [0.1, 0.15) is 0 Å². The van der Waals surface area contributed by atoms with Crippen molar-refractivity contribution in [1.29, 1.82) is 0 Å². The van der Waals surface area contributed by atoms with Crippen molar-refractivity contribution < 1.29 is 4.79 Å². The molecule has 0 aromatic rings. The first-order chi connectivity index (χ1) is 7.26. The molecule has 1 fully saturated rings. The van der Waals surface area contributed by atoms with E-state index in [0.717, 1.165) is 25.4 Å². The molecule has 0 unspecified atom stereocenters. The van der Waals surface area contributed by atoms with E-state index in [4.69, 9.17) is 5.84 Å². The molecule has 0 saturated heterocycles. The van der Waals surface area contributed by atoms with E-state index in [0.29, 0.717) is 6.42 Å². The van der Waals surface area contributed by atoms with Gasteiger partial charge >= 0.3 is 0 Å². The van der Waals surface area contributed by atoms with Gasteiger partial charge in [-0.15, -0.1) is 0 Å². The molecule has 0 aliphatic heterocycles. The molecule has 0 atom stereocenters. The topological polar surface area (TPSA) is 58.4 Å². The zero-order chi connectivity index (χ0) is 11.1. The summed E-state index contributed by atoms with van der Waals surface area (Å²) in [5.41, 5.74) is 2.16. The second-order valence-corrected chi connectivity index (χ2v) is 4.36. The maximum Gasteiger partial charge on any atom is 0.233 e. The third-order valence-corrected chi connectivity index (χ3v) is 3.23. The standard InChI is InChI=1S/C11H23N3O/c1-2-14(9-10-5-3-6-10)8-4-7-11(15)13-12/h10H,2-9,12H2,1H3,(H,13,15). The SMILES string of the molecule is CCN(CCCC(=O)NN)CC1CCC1. The number of hydrogen-bond acceptors (Lipinski definition) is 3. The molecular weight excluding hydrogens is 190 g/mol. The molecule has 0 spiro atoms. The molecule has 0 radical (unpaired) electrons. The van der Waals surface area contributed by atoms with Crippen LogP contribution < -0.4 is 11.3 Å². The van der Waals surface area contributed by atoms with Crippen LogP contribution in [0.5, 0.6) is 0 Å². The molecule has 15 heavy (non-hydrogen) atoms. The highest BCUT2D eigenvalue weighted by atomic mass is 16.2. The summed E-state index contributed by atoms with van der Waals surface area (Å²) in [6.45, 7) is 5.49. The molecule has 4 heteroatoms. The third-order valence-electron chi connectivity index (χ3n) is 3.23. The second kappa shape index (κ2) is 6.80. The monoisotopic (exact) mass is 213 g/mol. The lowest BCUT2D eigenvalue weighted by atomic mass is 9.85. The zero-order valence-corrected chi connectivity index (χ0v) is 9.67. The van der Waals surface area contributed by atoms with Gasteiger partial charge in [0.05, 0.1) is 0 Å². The van der Waals surface area contributed by atoms with Gasteiger partial charge in [-0.25, -0.2) is 5.84 Å². The van der Waals surface area contributed by atoms with Crippen molar-refractivity contribution in [2.75, 3.05) is 19.6 Å². The van der Waals surface area contributed by atoms with E-state index >= 15 is 0 Å². The second-order valence-electron chi connectivity index (χ2n) is 4.36. The number of rotatable bonds is 7. The van der Waals surface area contributed by atoms with Crippen LogP contribution in [0, 0.1) is 5.92 Å². The Balaban J connectivity index is 2.07. The summed E-state index contributed by atoms with van der Waals surface area (Å²) in [4.78, 5) is 13.4. The molecule has 1 aliphatic rings. The first-order valence-electron chi connectivity index (χ1n) is 5.98. The Morgan fingerprint density at radius 3 is 2.73 bits per heavy atom. The number of amides is 1. The summed E-state index contributed by atoms with van der Waals surface area (Å²) < 4.78 is 0. The highest BCUT2D eigenvalue weighted by Gasteiger charge is 2.19. The largest absolute Gasteiger partial charge is 0.303 e. The van der Waals surface area contributed by atoms with Gasteiger partial charge in [0, 0.05) is 13.0 Å². The van der Waals surface area contributed by atoms with Crippen LogP contribution >= 0.6 is 0 Å². The average Bonchev–Trinajstić information content (AvgIpc) is 2.20. The van der Waals surface area contributed by atoms with E-state index < -0.39 is 0 Å². The summed E-state index contributed by atoms with van der Waals surface area (Å²) in [7, 11) is 0. The van der Waals surface area contributed by atoms with Gasteiger partial charge in [-0.3, -0.25) is 10.2 Å². The van der Waals surface area contributed by atoms with E-state index in [1.807, 2.05) is 0 Å². The minimum atomic E-state index is -0.0605. The fourth-order valence-corrected chi connectivity index (χ4v) is 1.95. The quantitative estimate of drug-likeness (QED) is 0.375. The fraction of sp³-hybridized carbons (Fsp3) is 0.909. The van der Waals surface area contributed by atoms with Gasteiger partial charge in [0.2, 0.25) is 5.91 Å². The zero-order valence-electron chi connectivity index (χ0n) is 9.67. The summed E-state index contributed by atoms with van der Waals surface area (Å²) in [6, 6.07) is 0. The lowest BCUT2D eigenvalue weighted by molar-refractivity contribution is -0.121. The maximum absolute atomic E-state index is 10.9. The van der Waals surface area contributed by atoms with Crippen molar-refractivity contribution in [2.24, 2.45) is 11.8 Å². The predicted molar refractivity (Wildman–Crippen MR) is 61.0 cm³/mol. The minimum Gasteiger partial charge on any atom is -0.303 e. The van der Waals surface area contributed by atoms with Crippen molar-refractivity contribution in [3.63, 3.8) is 0 Å². The Morgan fingerprint density at radius 2 is 2.27 bits per heavy atom. The van der Waals surface area contributed by atoms with Crippen LogP contribution in [0.4, 0.5) is 0 Å². The molecule has 1 saturated carbocycles. The molecule has 4 nitrogen and oxygen atoms in total. The molecule has 0 aromatic carbocycles. The Hall–Kier alpha value is -0.610. The maximum atomic E-state index is 10.9. The molecule has 0 heterocycles. The van der Waals surface area contributed by atoms with Crippen LogP contribution in [-0.4, -0.2) is 30.4 Å². The summed E-state index contributed by atoms with van der Waals surface area (Å²) >= 11 is 0. The molecular formula is C11H23N3O. The Kier molecular flexibility index (Phi) is 5.65. The molecule has 0 aromatic heterocycles. The van der Waals surface area contributed by atoms with Gasteiger partial charge in [-0.2, -0.15) is 0 Å². The Morgan fingerprint density at radius 1 is 1.53 bits per heavy atom. The molecule has 88 valence electrons. The van der Waals surface area contributed by atoms with Crippen LogP contribution in [0.2, 0.25) is 0 Å². The van der Waals surface area contributed by atoms with Crippen molar-refractivity contribution in [3.8, 4) is 0 Å². The number of hydrazine groups is 1. The van der Waals surface area contributed by atoms with E-state index in [-0.39, 0.29) is 5.91 Å². The normalized spacial score (nSPS) is 16.5. The van der Waals surface area contributed by atoms with Crippen molar-refractivity contribution in [3.05, 3.63) is 0 Å². The lowest BCUT2D eigenvalue weighted by Gasteiger charge is -2.31. The highest BCUT2D eigenvalue weighted by Crippen LogP contribution is 2.26. The summed E-state index contributed by atoms with van der Waals surface area (Å²) in [5.74, 6) is 5.87. The number of nitrogens with two attached hydrogens (primary N) is 1. The summed E-state index contributed by atoms with van der Waals surface area (Å²) in [5, 5.41) is 0. The molecule has 3 N–H and O–H groups in total. The van der Waals surface area contributed by atoms with Crippen LogP contribution in [0.25, 0.3) is 0 Å². The van der Waals surface area contributed by atoms with Crippen LogP contribution in [-0.2, 0) is 4.79 Å². The van der Waals surface area contributed by atoms with E-state index in [1.165, 1.54) is 25.8 Å². The summed E-state index contributed by atoms with van der Waals surface area (Å²) in [6.07, 6.45) is 5.62. The fourth-order valence-electron chi connectivity index (χ4n) is 1.95. The minimum absolute atomic E-state index is 0.0605. The van der Waals surface area contributed by atoms with Gasteiger partial charge in [-0.1, -0.05) is 13.3 Å². The van der Waals surface area contributed by atoms with Crippen LogP contribution in [0.15, 0.2) is 0 Å². The first-order valence-corrected chi connectivity index (χ1v) is 5.98. The first kappa shape index (κ1) is 12.5. The number of nitrogens with zero attached hydrogens (tertiary/aromatic N) is 1. The van der Waals surface area contributed by atoms with Crippen molar-refractivity contribution in [1.82, 2.24) is 10.3 Å². The lowest BCUT2D eigenvalue weighted by Crippen LogP contribution is -2.34. The molecule has 1 rings (SSSR count). The smallest absolute Gasteiger partial charge is 0.233 e. The van der Waals surface area contributed by atoms with Gasteiger partial charge in [0.15, 0.2) is 0 Å².